The van der Waals surface area contributed by atoms with Crippen molar-refractivity contribution in [2.24, 2.45) is 16.8 Å². The number of aliphatic imine (C=N–C) groups is 1. The summed E-state index contributed by atoms with van der Waals surface area (Å²) in [5.41, 5.74) is 6.09. The van der Waals surface area contributed by atoms with E-state index in [9.17, 15) is 18.0 Å². The summed E-state index contributed by atoms with van der Waals surface area (Å²) in [5.74, 6) is -0.213. The predicted octanol–water partition coefficient (Wildman–Crippen LogP) is 5.24. The number of para-hydroxylation sites is 1. The molecule has 12 heteroatoms. The quantitative estimate of drug-likeness (QED) is 0.234. The second kappa shape index (κ2) is 13.0. The highest BCUT2D eigenvalue weighted by Crippen LogP contribution is 2.41. The van der Waals surface area contributed by atoms with Gasteiger partial charge < -0.3 is 10.2 Å². The lowest BCUT2D eigenvalue weighted by Gasteiger charge is -2.23. The Morgan fingerprint density at radius 1 is 0.957 bits per heavy atom. The number of thiophene rings is 1. The molecule has 3 aliphatic rings. The van der Waals surface area contributed by atoms with E-state index in [0.717, 1.165) is 53.0 Å². The minimum Gasteiger partial charge on any atom is -0.325 e. The van der Waals surface area contributed by atoms with Gasteiger partial charge in [0.1, 0.15) is 4.21 Å². The summed E-state index contributed by atoms with van der Waals surface area (Å²) in [5, 5.41) is 6.04. The zero-order chi connectivity index (χ0) is 32.7. The van der Waals surface area contributed by atoms with Crippen molar-refractivity contribution in [2.75, 3.05) is 23.8 Å². The SMILES string of the molecule is CN1C(=O)[C@@H](NCC(=O)Nc2ccc3c(c2)CC2CCC(C3)C2NS(=O)(=O)c2ccc(Cl)s2)N=C(c2ccccc2)c2ccccc21. The Labute approximate surface area is 283 Å². The van der Waals surface area contributed by atoms with E-state index in [-0.39, 0.29) is 40.4 Å². The fraction of sp³-hybridized carbons (Fsp3) is 0.286. The van der Waals surface area contributed by atoms with Gasteiger partial charge >= 0.3 is 0 Å². The van der Waals surface area contributed by atoms with Crippen molar-refractivity contribution in [1.82, 2.24) is 10.0 Å². The number of fused-ring (bicyclic) bond motifs is 4. The van der Waals surface area contributed by atoms with E-state index in [1.165, 1.54) is 5.56 Å². The first-order valence-corrected chi connectivity index (χ1v) is 18.3. The number of carbonyl (C=O) groups excluding carboxylic acids is 2. The molecule has 3 aromatic carbocycles. The van der Waals surface area contributed by atoms with Crippen molar-refractivity contribution in [3.05, 3.63) is 112 Å². The fourth-order valence-corrected chi connectivity index (χ4v) is 9.91. The molecule has 4 atom stereocenters. The molecule has 2 heterocycles. The Bertz CT molecular complexity index is 1980. The van der Waals surface area contributed by atoms with E-state index in [1.54, 1.807) is 24.1 Å². The second-order valence-electron chi connectivity index (χ2n) is 12.3. The third-order valence-corrected chi connectivity index (χ3v) is 12.5. The van der Waals surface area contributed by atoms with Gasteiger partial charge in [0.05, 0.1) is 22.3 Å². The molecule has 2 bridgehead atoms. The maximum Gasteiger partial charge on any atom is 0.266 e. The summed E-state index contributed by atoms with van der Waals surface area (Å²) in [6.07, 6.45) is 2.42. The zero-order valence-corrected chi connectivity index (χ0v) is 28.0. The number of amides is 2. The lowest BCUT2D eigenvalue weighted by Crippen LogP contribution is -2.46. The van der Waals surface area contributed by atoms with E-state index in [0.29, 0.717) is 22.2 Å². The molecule has 3 unspecified atom stereocenters. The Morgan fingerprint density at radius 2 is 1.68 bits per heavy atom. The molecule has 1 fully saturated rings. The predicted molar refractivity (Wildman–Crippen MR) is 186 cm³/mol. The van der Waals surface area contributed by atoms with Gasteiger partial charge in [-0.25, -0.2) is 13.1 Å². The average molecular weight is 688 g/mol. The summed E-state index contributed by atoms with van der Waals surface area (Å²) in [4.78, 5) is 33.1. The third-order valence-electron chi connectivity index (χ3n) is 9.33. The number of hydrogen-bond acceptors (Lipinski definition) is 7. The average Bonchev–Trinajstić information content (AvgIpc) is 3.60. The highest BCUT2D eigenvalue weighted by Gasteiger charge is 2.41. The number of anilines is 2. The van der Waals surface area contributed by atoms with Crippen molar-refractivity contribution in [1.29, 1.82) is 0 Å². The molecule has 9 nitrogen and oxygen atoms in total. The number of halogens is 1. The number of likely N-dealkylation sites (N-methyl/N-ethyl adjacent to an activating group) is 1. The fourth-order valence-electron chi connectivity index (χ4n) is 7.04. The van der Waals surface area contributed by atoms with Crippen LogP contribution >= 0.6 is 22.9 Å². The molecule has 2 amide bonds. The van der Waals surface area contributed by atoms with Gasteiger partial charge in [0, 0.05) is 29.9 Å². The Hall–Kier alpha value is -3.87. The highest BCUT2D eigenvalue weighted by atomic mass is 35.5. The molecule has 242 valence electrons. The number of sulfonamides is 1. The van der Waals surface area contributed by atoms with Gasteiger partial charge in [0.15, 0.2) is 6.17 Å². The van der Waals surface area contributed by atoms with Gasteiger partial charge in [-0.2, -0.15) is 0 Å². The molecule has 2 aliphatic carbocycles. The molecule has 1 aromatic heterocycles. The van der Waals surface area contributed by atoms with Gasteiger partial charge in [-0.1, -0.05) is 66.2 Å². The van der Waals surface area contributed by atoms with Crippen LogP contribution in [0.15, 0.2) is 94.1 Å². The van der Waals surface area contributed by atoms with E-state index in [1.807, 2.05) is 72.8 Å². The third kappa shape index (κ3) is 6.50. The van der Waals surface area contributed by atoms with Crippen LogP contribution in [0.4, 0.5) is 11.4 Å². The smallest absolute Gasteiger partial charge is 0.266 e. The summed E-state index contributed by atoms with van der Waals surface area (Å²) >= 11 is 7.07. The summed E-state index contributed by atoms with van der Waals surface area (Å²) in [7, 11) is -1.95. The lowest BCUT2D eigenvalue weighted by atomic mass is 9.93. The second-order valence-corrected chi connectivity index (χ2v) is 15.9. The number of benzene rings is 3. The lowest BCUT2D eigenvalue weighted by molar-refractivity contribution is -0.120. The highest BCUT2D eigenvalue weighted by molar-refractivity contribution is 7.91. The number of carbonyl (C=O) groups is 2. The van der Waals surface area contributed by atoms with Crippen molar-refractivity contribution in [3.8, 4) is 0 Å². The number of hydrogen-bond donors (Lipinski definition) is 3. The maximum absolute atomic E-state index is 13.5. The Morgan fingerprint density at radius 3 is 2.43 bits per heavy atom. The summed E-state index contributed by atoms with van der Waals surface area (Å²) < 4.78 is 29.9. The van der Waals surface area contributed by atoms with Crippen molar-refractivity contribution >= 4 is 61.9 Å². The van der Waals surface area contributed by atoms with Crippen LogP contribution in [0.3, 0.4) is 0 Å². The molecule has 3 N–H and O–H groups in total. The van der Waals surface area contributed by atoms with E-state index < -0.39 is 16.2 Å². The molecule has 47 heavy (non-hydrogen) atoms. The van der Waals surface area contributed by atoms with Crippen molar-refractivity contribution < 1.29 is 18.0 Å². The molecule has 1 aliphatic heterocycles. The summed E-state index contributed by atoms with van der Waals surface area (Å²) in [6, 6.07) is 26.2. The van der Waals surface area contributed by atoms with Crippen molar-refractivity contribution in [2.45, 2.75) is 42.1 Å². The Kier molecular flexibility index (Phi) is 8.75. The topological polar surface area (TPSA) is 120 Å². The minimum atomic E-state index is -3.67. The van der Waals surface area contributed by atoms with Crippen LogP contribution in [0.2, 0.25) is 4.34 Å². The van der Waals surface area contributed by atoms with Crippen LogP contribution < -0.4 is 20.3 Å². The van der Waals surface area contributed by atoms with Crippen LogP contribution in [-0.2, 0) is 32.5 Å². The molecule has 7 rings (SSSR count). The molecule has 0 radical (unpaired) electrons. The van der Waals surface area contributed by atoms with Gasteiger partial charge in [0.2, 0.25) is 15.9 Å². The maximum atomic E-state index is 13.5. The zero-order valence-electron chi connectivity index (χ0n) is 25.6. The molecular weight excluding hydrogens is 654 g/mol. The van der Waals surface area contributed by atoms with Crippen LogP contribution in [0.1, 0.15) is 35.1 Å². The molecule has 4 aromatic rings. The molecule has 1 saturated carbocycles. The molecular formula is C35H34ClN5O4S2. The molecule has 0 saturated heterocycles. The molecule has 0 spiro atoms. The van der Waals surface area contributed by atoms with E-state index in [2.05, 4.69) is 15.4 Å². The van der Waals surface area contributed by atoms with Crippen molar-refractivity contribution in [3.63, 3.8) is 0 Å². The van der Waals surface area contributed by atoms with Crippen LogP contribution in [-0.4, -0.2) is 51.7 Å². The monoisotopic (exact) mass is 687 g/mol. The Balaban J connectivity index is 1.04. The summed E-state index contributed by atoms with van der Waals surface area (Å²) in [6.45, 7) is -0.121. The number of benzodiazepines with no additional fused rings is 1. The first-order valence-electron chi connectivity index (χ1n) is 15.6. The van der Waals surface area contributed by atoms with Gasteiger partial charge in [-0.15, -0.1) is 11.3 Å². The largest absolute Gasteiger partial charge is 0.325 e. The van der Waals surface area contributed by atoms with Crippen LogP contribution in [0.5, 0.6) is 0 Å². The van der Waals surface area contributed by atoms with Gasteiger partial charge in [-0.05, 0) is 79.0 Å². The van der Waals surface area contributed by atoms with E-state index in [4.69, 9.17) is 16.6 Å². The first-order chi connectivity index (χ1) is 22.7. The number of rotatable bonds is 8. The van der Waals surface area contributed by atoms with Crippen LogP contribution in [0.25, 0.3) is 0 Å². The number of nitrogens with one attached hydrogen (secondary N) is 3. The standard InChI is InChI=1S/C35H34ClN5O4S2/c1-41-28-10-6-5-9-27(28)33(21-7-3-2-4-8-21)39-34(35(41)43)37-20-30(42)38-26-14-13-22-17-23-11-12-24(18-25(22)19-26)32(23)40-47(44,45)31-16-15-29(36)46-31/h2-10,13-16,19,23-24,32,34,37,40H,11-12,17-18,20H2,1H3,(H,38,42)/t23?,24?,32?,34-/m0/s1. The number of nitrogens with zero attached hydrogens (tertiary/aromatic N) is 2. The van der Waals surface area contributed by atoms with Gasteiger partial charge in [-0.3, -0.25) is 19.9 Å². The van der Waals surface area contributed by atoms with Crippen LogP contribution in [0, 0.1) is 11.8 Å². The normalized spacial score (nSPS) is 22.1. The first kappa shape index (κ1) is 31.7. The minimum absolute atomic E-state index is 0.121. The van der Waals surface area contributed by atoms with E-state index >= 15 is 0 Å². The van der Waals surface area contributed by atoms with Gasteiger partial charge in [0.25, 0.3) is 5.91 Å².